The molecule has 2 nitrogen and oxygen atoms in total. The predicted octanol–water partition coefficient (Wildman–Crippen LogP) is 5.66. The first kappa shape index (κ1) is 17.9. The molecule has 2 aromatic carbocycles. The molecule has 0 radical (unpaired) electrons. The largest absolute Gasteiger partial charge is 0.159 e. The quantitative estimate of drug-likeness (QED) is 0.358. The molecule has 2 rings (SSSR count). The highest BCUT2D eigenvalue weighted by Crippen LogP contribution is 2.08. The minimum Gasteiger partial charge on any atom is -0.159 e. The summed E-state index contributed by atoms with van der Waals surface area (Å²) in [6.07, 6.45) is 11.4. The molecule has 24 heavy (non-hydrogen) atoms. The molecular weight excluding hydrogens is 292 g/mol. The van der Waals surface area contributed by atoms with Gasteiger partial charge in [-0.25, -0.2) is 0 Å². The fourth-order valence-corrected chi connectivity index (χ4v) is 2.47. The zero-order chi connectivity index (χ0) is 17.2. The van der Waals surface area contributed by atoms with Crippen molar-refractivity contribution in [1.82, 2.24) is 0 Å². The first-order chi connectivity index (χ1) is 11.7. The molecule has 0 aliphatic carbocycles. The van der Waals surface area contributed by atoms with Gasteiger partial charge in [-0.3, -0.25) is 0 Å². The molecule has 0 aromatic heterocycles. The maximum Gasteiger partial charge on any atom is 0.0570 e. The average molecular weight is 318 g/mol. The van der Waals surface area contributed by atoms with E-state index in [-0.39, 0.29) is 0 Å². The zero-order valence-corrected chi connectivity index (χ0v) is 14.9. The lowest BCUT2D eigenvalue weighted by Gasteiger charge is -2.00. The van der Waals surface area contributed by atoms with Crippen molar-refractivity contribution in [2.24, 2.45) is 10.2 Å². The number of nitrogens with zero attached hydrogens (tertiary/aromatic N) is 2. The molecule has 2 heteroatoms. The monoisotopic (exact) mass is 318 g/mol. The normalized spacial score (nSPS) is 12.0. The topological polar surface area (TPSA) is 24.7 Å². The van der Waals surface area contributed by atoms with Crippen molar-refractivity contribution in [3.8, 4) is 0 Å². The Morgan fingerprint density at radius 3 is 2.33 bits per heavy atom. The van der Waals surface area contributed by atoms with Gasteiger partial charge in [-0.1, -0.05) is 67.1 Å². The van der Waals surface area contributed by atoms with Crippen LogP contribution in [0.2, 0.25) is 0 Å². The van der Waals surface area contributed by atoms with Crippen molar-refractivity contribution < 1.29 is 0 Å². The van der Waals surface area contributed by atoms with Gasteiger partial charge in [0.1, 0.15) is 0 Å². The molecule has 0 saturated carbocycles. The third-order valence-corrected chi connectivity index (χ3v) is 3.88. The smallest absolute Gasteiger partial charge is 0.0570 e. The van der Waals surface area contributed by atoms with Gasteiger partial charge in [0.15, 0.2) is 0 Å². The molecule has 0 aliphatic rings. The van der Waals surface area contributed by atoms with E-state index in [0.717, 1.165) is 30.4 Å². The SMILES string of the molecule is CC/C=C/CCc1ccc(C=NN=Cc2ccc(C)cc2C)cc1. The first-order valence-electron chi connectivity index (χ1n) is 8.56. The van der Waals surface area contributed by atoms with Gasteiger partial charge in [0.05, 0.1) is 12.4 Å². The van der Waals surface area contributed by atoms with Gasteiger partial charge in [0.2, 0.25) is 0 Å². The Hall–Kier alpha value is -2.48. The van der Waals surface area contributed by atoms with E-state index in [1.165, 1.54) is 16.7 Å². The minimum absolute atomic E-state index is 1.07. The van der Waals surface area contributed by atoms with Gasteiger partial charge >= 0.3 is 0 Å². The van der Waals surface area contributed by atoms with E-state index in [2.05, 4.69) is 85.6 Å². The summed E-state index contributed by atoms with van der Waals surface area (Å²) in [6, 6.07) is 14.8. The molecule has 0 fully saturated rings. The lowest BCUT2D eigenvalue weighted by Crippen LogP contribution is -1.88. The molecule has 0 spiro atoms. The van der Waals surface area contributed by atoms with Crippen LogP contribution < -0.4 is 0 Å². The molecule has 0 N–H and O–H groups in total. The van der Waals surface area contributed by atoms with Crippen LogP contribution in [0.1, 0.15) is 47.6 Å². The van der Waals surface area contributed by atoms with Crippen LogP contribution in [0.5, 0.6) is 0 Å². The number of hydrogen-bond acceptors (Lipinski definition) is 2. The maximum absolute atomic E-state index is 4.16. The van der Waals surface area contributed by atoms with Crippen molar-refractivity contribution in [3.63, 3.8) is 0 Å². The summed E-state index contributed by atoms with van der Waals surface area (Å²) in [6.45, 7) is 6.34. The molecule has 124 valence electrons. The summed E-state index contributed by atoms with van der Waals surface area (Å²) in [5.74, 6) is 0. The van der Waals surface area contributed by atoms with E-state index in [9.17, 15) is 0 Å². The number of benzene rings is 2. The van der Waals surface area contributed by atoms with E-state index in [1.54, 1.807) is 12.4 Å². The van der Waals surface area contributed by atoms with Gasteiger partial charge in [-0.15, -0.1) is 0 Å². The fraction of sp³-hybridized carbons (Fsp3) is 0.273. The van der Waals surface area contributed by atoms with Gasteiger partial charge < -0.3 is 0 Å². The highest BCUT2D eigenvalue weighted by Gasteiger charge is 1.94. The predicted molar refractivity (Wildman–Crippen MR) is 105 cm³/mol. The molecule has 0 amide bonds. The molecule has 0 bridgehead atoms. The van der Waals surface area contributed by atoms with Gasteiger partial charge in [-0.05, 0) is 55.4 Å². The summed E-state index contributed by atoms with van der Waals surface area (Å²) < 4.78 is 0. The van der Waals surface area contributed by atoms with Gasteiger partial charge in [0, 0.05) is 0 Å². The molecular formula is C22H26N2. The van der Waals surface area contributed by atoms with Crippen molar-refractivity contribution >= 4 is 12.4 Å². The summed E-state index contributed by atoms with van der Waals surface area (Å²) in [5, 5.41) is 8.31. The van der Waals surface area contributed by atoms with Crippen molar-refractivity contribution in [2.45, 2.75) is 40.0 Å². The molecule has 0 aliphatic heterocycles. The second kappa shape index (κ2) is 9.61. The van der Waals surface area contributed by atoms with Crippen LogP contribution in [-0.2, 0) is 6.42 Å². The number of allylic oxidation sites excluding steroid dienone is 2. The van der Waals surface area contributed by atoms with Crippen molar-refractivity contribution in [2.75, 3.05) is 0 Å². The molecule has 0 unspecified atom stereocenters. The summed E-state index contributed by atoms with van der Waals surface area (Å²) in [5.41, 5.74) is 6.01. The Morgan fingerprint density at radius 1 is 0.875 bits per heavy atom. The molecule has 0 heterocycles. The number of rotatable bonds is 7. The Bertz CT molecular complexity index is 722. The fourth-order valence-electron chi connectivity index (χ4n) is 2.47. The molecule has 2 aromatic rings. The zero-order valence-electron chi connectivity index (χ0n) is 14.9. The van der Waals surface area contributed by atoms with Crippen molar-refractivity contribution in [1.29, 1.82) is 0 Å². The van der Waals surface area contributed by atoms with Crippen LogP contribution in [0.4, 0.5) is 0 Å². The van der Waals surface area contributed by atoms with Crippen LogP contribution in [0.15, 0.2) is 64.8 Å². The van der Waals surface area contributed by atoms with Crippen LogP contribution in [0.25, 0.3) is 0 Å². The van der Waals surface area contributed by atoms with Crippen LogP contribution in [-0.4, -0.2) is 12.4 Å². The Labute approximate surface area is 145 Å². The average Bonchev–Trinajstić information content (AvgIpc) is 2.58. The van der Waals surface area contributed by atoms with Crippen LogP contribution >= 0.6 is 0 Å². The van der Waals surface area contributed by atoms with E-state index in [0.29, 0.717) is 0 Å². The standard InChI is InChI=1S/C22H26N2/c1-4-5-6-7-8-20-10-12-21(13-11-20)16-23-24-17-22-14-9-18(2)15-19(22)3/h5-6,9-17H,4,7-8H2,1-3H3/b6-5+,23-16?,24-17?. The highest BCUT2D eigenvalue weighted by atomic mass is 15.2. The Balaban J connectivity index is 1.89. The second-order valence-electron chi connectivity index (χ2n) is 6.01. The van der Waals surface area contributed by atoms with Crippen molar-refractivity contribution in [3.05, 3.63) is 82.4 Å². The molecule has 0 atom stereocenters. The second-order valence-corrected chi connectivity index (χ2v) is 6.01. The van der Waals surface area contributed by atoms with Gasteiger partial charge in [0.25, 0.3) is 0 Å². The van der Waals surface area contributed by atoms with E-state index in [4.69, 9.17) is 0 Å². The first-order valence-corrected chi connectivity index (χ1v) is 8.56. The van der Waals surface area contributed by atoms with Crippen LogP contribution in [0, 0.1) is 13.8 Å². The molecule has 0 saturated heterocycles. The lowest BCUT2D eigenvalue weighted by atomic mass is 10.1. The third kappa shape index (κ3) is 5.96. The Morgan fingerprint density at radius 2 is 1.62 bits per heavy atom. The van der Waals surface area contributed by atoms with Crippen LogP contribution in [0.3, 0.4) is 0 Å². The summed E-state index contributed by atoms with van der Waals surface area (Å²) >= 11 is 0. The minimum atomic E-state index is 1.07. The highest BCUT2D eigenvalue weighted by molar-refractivity contribution is 5.83. The van der Waals surface area contributed by atoms with E-state index in [1.807, 2.05) is 0 Å². The number of aryl methyl sites for hydroxylation is 3. The summed E-state index contributed by atoms with van der Waals surface area (Å²) in [7, 11) is 0. The van der Waals surface area contributed by atoms with E-state index >= 15 is 0 Å². The number of hydrogen-bond donors (Lipinski definition) is 0. The summed E-state index contributed by atoms with van der Waals surface area (Å²) in [4.78, 5) is 0. The Kier molecular flexibility index (Phi) is 7.16. The van der Waals surface area contributed by atoms with E-state index < -0.39 is 0 Å². The lowest BCUT2D eigenvalue weighted by molar-refractivity contribution is 0.992. The van der Waals surface area contributed by atoms with Gasteiger partial charge in [-0.2, -0.15) is 10.2 Å². The maximum atomic E-state index is 4.16. The third-order valence-electron chi connectivity index (χ3n) is 3.88.